The van der Waals surface area contributed by atoms with E-state index in [1.807, 2.05) is 0 Å². The maximum atomic E-state index is 5.84. The van der Waals surface area contributed by atoms with Crippen LogP contribution in [-0.2, 0) is 6.42 Å². The standard InChI is InChI=1S/C15H25IN4/c1-19-8-3-9-20(2)15(11-19)14(18-17)10-12-4-6-13(16)7-5-12/h4-7,14-15,18H,3,8-11,17H2,1-2H3. The van der Waals surface area contributed by atoms with Gasteiger partial charge in [0, 0.05) is 22.2 Å². The fourth-order valence-electron chi connectivity index (χ4n) is 2.92. The minimum Gasteiger partial charge on any atom is -0.305 e. The van der Waals surface area contributed by atoms with Gasteiger partial charge in [0.15, 0.2) is 0 Å². The predicted octanol–water partition coefficient (Wildman–Crippen LogP) is 1.30. The van der Waals surface area contributed by atoms with Crippen LogP contribution in [0.5, 0.6) is 0 Å². The van der Waals surface area contributed by atoms with Crippen molar-refractivity contribution < 1.29 is 0 Å². The van der Waals surface area contributed by atoms with Gasteiger partial charge in [0.25, 0.3) is 0 Å². The minimum atomic E-state index is 0.278. The highest BCUT2D eigenvalue weighted by molar-refractivity contribution is 14.1. The quantitative estimate of drug-likeness (QED) is 0.464. The molecule has 0 aliphatic carbocycles. The Morgan fingerprint density at radius 2 is 2.00 bits per heavy atom. The molecule has 2 atom stereocenters. The highest BCUT2D eigenvalue weighted by Crippen LogP contribution is 2.15. The van der Waals surface area contributed by atoms with Crippen LogP contribution < -0.4 is 11.3 Å². The van der Waals surface area contributed by atoms with E-state index >= 15 is 0 Å². The summed E-state index contributed by atoms with van der Waals surface area (Å²) in [7, 11) is 4.41. The second-order valence-electron chi connectivity index (χ2n) is 5.77. The summed E-state index contributed by atoms with van der Waals surface area (Å²) in [5, 5.41) is 0. The third-order valence-corrected chi connectivity index (χ3v) is 4.88. The van der Waals surface area contributed by atoms with Gasteiger partial charge in [-0.15, -0.1) is 0 Å². The van der Waals surface area contributed by atoms with E-state index in [9.17, 15) is 0 Å². The van der Waals surface area contributed by atoms with Crippen LogP contribution in [0.2, 0.25) is 0 Å². The molecule has 2 rings (SSSR count). The van der Waals surface area contributed by atoms with Crippen molar-refractivity contribution in [3.63, 3.8) is 0 Å². The largest absolute Gasteiger partial charge is 0.305 e. The number of likely N-dealkylation sites (N-methyl/N-ethyl adjacent to an activating group) is 2. The van der Waals surface area contributed by atoms with Crippen LogP contribution in [0.4, 0.5) is 0 Å². The summed E-state index contributed by atoms with van der Waals surface area (Å²) in [5.74, 6) is 5.84. The molecule has 1 aromatic rings. The first kappa shape index (κ1) is 16.2. The number of rotatable bonds is 4. The van der Waals surface area contributed by atoms with Gasteiger partial charge in [-0.1, -0.05) is 12.1 Å². The van der Waals surface area contributed by atoms with E-state index in [0.717, 1.165) is 19.5 Å². The highest BCUT2D eigenvalue weighted by atomic mass is 127. The molecule has 5 heteroatoms. The fourth-order valence-corrected chi connectivity index (χ4v) is 3.28. The molecule has 4 nitrogen and oxygen atoms in total. The molecule has 1 aliphatic rings. The monoisotopic (exact) mass is 388 g/mol. The van der Waals surface area contributed by atoms with Gasteiger partial charge in [-0.2, -0.15) is 0 Å². The first-order valence-corrected chi connectivity index (χ1v) is 8.27. The summed E-state index contributed by atoms with van der Waals surface area (Å²) in [6, 6.07) is 9.45. The van der Waals surface area contributed by atoms with E-state index < -0.39 is 0 Å². The molecule has 2 unspecified atom stereocenters. The van der Waals surface area contributed by atoms with Gasteiger partial charge in [-0.25, -0.2) is 0 Å². The number of benzene rings is 1. The molecule has 3 N–H and O–H groups in total. The SMILES string of the molecule is CN1CCCN(C)C(C(Cc2ccc(I)cc2)NN)C1. The molecule has 0 saturated carbocycles. The zero-order valence-corrected chi connectivity index (χ0v) is 14.5. The molecule has 1 fully saturated rings. The fraction of sp³-hybridized carbons (Fsp3) is 0.600. The lowest BCUT2D eigenvalue weighted by Gasteiger charge is -2.34. The second kappa shape index (κ2) is 7.70. The van der Waals surface area contributed by atoms with Gasteiger partial charge in [0.05, 0.1) is 0 Å². The summed E-state index contributed by atoms with van der Waals surface area (Å²) in [6.45, 7) is 3.37. The number of nitrogens with one attached hydrogen (secondary N) is 1. The molecule has 20 heavy (non-hydrogen) atoms. The van der Waals surface area contributed by atoms with Gasteiger partial charge in [-0.3, -0.25) is 11.3 Å². The maximum absolute atomic E-state index is 5.84. The first-order chi connectivity index (χ1) is 9.60. The van der Waals surface area contributed by atoms with Crippen molar-refractivity contribution >= 4 is 22.6 Å². The average molecular weight is 388 g/mol. The summed E-state index contributed by atoms with van der Waals surface area (Å²) in [4.78, 5) is 4.85. The zero-order chi connectivity index (χ0) is 14.5. The lowest BCUT2D eigenvalue weighted by molar-refractivity contribution is 0.177. The molecular formula is C15H25IN4. The topological polar surface area (TPSA) is 44.5 Å². The lowest BCUT2D eigenvalue weighted by Crippen LogP contribution is -2.55. The molecule has 112 valence electrons. The van der Waals surface area contributed by atoms with Gasteiger partial charge in [-0.05, 0) is 80.3 Å². The third-order valence-electron chi connectivity index (χ3n) is 4.16. The molecule has 0 bridgehead atoms. The summed E-state index contributed by atoms with van der Waals surface area (Å²) in [6.07, 6.45) is 2.20. The number of halogens is 1. The van der Waals surface area contributed by atoms with E-state index in [1.165, 1.54) is 22.1 Å². The van der Waals surface area contributed by atoms with Crippen molar-refractivity contribution in [3.8, 4) is 0 Å². The van der Waals surface area contributed by atoms with Crippen molar-refractivity contribution in [1.29, 1.82) is 0 Å². The van der Waals surface area contributed by atoms with E-state index in [1.54, 1.807) is 0 Å². The second-order valence-corrected chi connectivity index (χ2v) is 7.01. The first-order valence-electron chi connectivity index (χ1n) is 7.19. The molecule has 0 aromatic heterocycles. The smallest absolute Gasteiger partial charge is 0.0418 e. The van der Waals surface area contributed by atoms with Crippen molar-refractivity contribution in [2.24, 2.45) is 5.84 Å². The Labute approximate surface area is 135 Å². The Morgan fingerprint density at radius 3 is 2.65 bits per heavy atom. The van der Waals surface area contributed by atoms with E-state index in [0.29, 0.717) is 6.04 Å². The normalized spacial score (nSPS) is 23.5. The van der Waals surface area contributed by atoms with Gasteiger partial charge in [0.2, 0.25) is 0 Å². The third kappa shape index (κ3) is 4.39. The van der Waals surface area contributed by atoms with E-state index in [2.05, 4.69) is 76.2 Å². The number of hydrazine groups is 1. The Balaban J connectivity index is 2.07. The summed E-state index contributed by atoms with van der Waals surface area (Å²) in [5.41, 5.74) is 4.38. The molecular weight excluding hydrogens is 363 g/mol. The number of hydrogen-bond acceptors (Lipinski definition) is 4. The van der Waals surface area contributed by atoms with Crippen LogP contribution >= 0.6 is 22.6 Å². The Bertz CT molecular complexity index is 409. The van der Waals surface area contributed by atoms with Crippen LogP contribution in [0.3, 0.4) is 0 Å². The lowest BCUT2D eigenvalue weighted by atomic mass is 9.98. The summed E-state index contributed by atoms with van der Waals surface area (Å²) < 4.78 is 1.27. The van der Waals surface area contributed by atoms with Crippen molar-refractivity contribution in [3.05, 3.63) is 33.4 Å². The molecule has 1 saturated heterocycles. The minimum absolute atomic E-state index is 0.278. The van der Waals surface area contributed by atoms with Gasteiger partial charge in [0.1, 0.15) is 0 Å². The van der Waals surface area contributed by atoms with Crippen molar-refractivity contribution in [1.82, 2.24) is 15.2 Å². The zero-order valence-electron chi connectivity index (χ0n) is 12.3. The number of hydrogen-bond donors (Lipinski definition) is 2. The van der Waals surface area contributed by atoms with Gasteiger partial charge < -0.3 is 9.80 Å². The number of nitrogens with two attached hydrogens (primary N) is 1. The van der Waals surface area contributed by atoms with Gasteiger partial charge >= 0.3 is 0 Å². The average Bonchev–Trinajstić information content (AvgIpc) is 2.60. The molecule has 1 aliphatic heterocycles. The highest BCUT2D eigenvalue weighted by Gasteiger charge is 2.27. The molecule has 0 spiro atoms. The van der Waals surface area contributed by atoms with Crippen LogP contribution in [0.25, 0.3) is 0 Å². The Morgan fingerprint density at radius 1 is 1.30 bits per heavy atom. The molecule has 0 radical (unpaired) electrons. The number of nitrogens with zero attached hydrogens (tertiary/aromatic N) is 2. The summed E-state index contributed by atoms with van der Waals surface area (Å²) >= 11 is 2.34. The van der Waals surface area contributed by atoms with Crippen LogP contribution in [-0.4, -0.2) is 55.6 Å². The van der Waals surface area contributed by atoms with Crippen molar-refractivity contribution in [2.45, 2.75) is 24.9 Å². The van der Waals surface area contributed by atoms with Crippen molar-refractivity contribution in [2.75, 3.05) is 33.7 Å². The van der Waals surface area contributed by atoms with Crippen LogP contribution in [0.15, 0.2) is 24.3 Å². The molecule has 1 heterocycles. The van der Waals surface area contributed by atoms with Crippen LogP contribution in [0, 0.1) is 3.57 Å². The molecule has 1 aromatic carbocycles. The van der Waals surface area contributed by atoms with Crippen LogP contribution in [0.1, 0.15) is 12.0 Å². The Hall–Kier alpha value is -0.210. The Kier molecular flexibility index (Phi) is 6.22. The molecule has 0 amide bonds. The van der Waals surface area contributed by atoms with E-state index in [4.69, 9.17) is 5.84 Å². The maximum Gasteiger partial charge on any atom is 0.0418 e. The predicted molar refractivity (Wildman–Crippen MR) is 92.5 cm³/mol. The van der Waals surface area contributed by atoms with E-state index in [-0.39, 0.29) is 6.04 Å².